The predicted molar refractivity (Wildman–Crippen MR) is 65.2 cm³/mol. The largest absolute Gasteiger partial charge is 0.396 e. The second-order valence-corrected chi connectivity index (χ2v) is 4.81. The van der Waals surface area contributed by atoms with E-state index in [1.165, 1.54) is 4.68 Å². The van der Waals surface area contributed by atoms with Gasteiger partial charge in [-0.25, -0.2) is 4.68 Å². The molecule has 1 aliphatic carbocycles. The van der Waals surface area contributed by atoms with Gasteiger partial charge < -0.3 is 15.9 Å². The van der Waals surface area contributed by atoms with E-state index in [0.717, 1.165) is 0 Å². The highest BCUT2D eigenvalue weighted by Gasteiger charge is 2.36. The molecule has 102 valence electrons. The zero-order valence-electron chi connectivity index (χ0n) is 10.0. The van der Waals surface area contributed by atoms with Crippen LogP contribution in [0.25, 0.3) is 11.2 Å². The Morgan fingerprint density at radius 3 is 2.95 bits per heavy atom. The van der Waals surface area contributed by atoms with Crippen LogP contribution in [0.1, 0.15) is 18.9 Å². The van der Waals surface area contributed by atoms with Crippen molar-refractivity contribution in [3.8, 4) is 0 Å². The Morgan fingerprint density at radius 2 is 2.26 bits per heavy atom. The Hall–Kier alpha value is -2.00. The summed E-state index contributed by atoms with van der Waals surface area (Å²) in [4.78, 5) is 18.0. The standard InChI is InChI=1S/C10H14N6O3/c11-10-12-8-7(9(19)13-10)14-15-16(8)5-1-4(3-17)2-6(5)18/h4-6,17-18H,1-3H2,(H3,11,12,13,19)/t4-,5+,6+/m0/s1. The van der Waals surface area contributed by atoms with E-state index in [2.05, 4.69) is 20.3 Å². The number of H-pyrrole nitrogens is 1. The molecule has 0 radical (unpaired) electrons. The van der Waals surface area contributed by atoms with E-state index in [0.29, 0.717) is 12.8 Å². The van der Waals surface area contributed by atoms with Crippen molar-refractivity contribution < 1.29 is 10.2 Å². The summed E-state index contributed by atoms with van der Waals surface area (Å²) < 4.78 is 1.42. The third-order valence-corrected chi connectivity index (χ3v) is 3.52. The number of nitrogen functional groups attached to an aromatic ring is 1. The first-order valence-electron chi connectivity index (χ1n) is 5.99. The number of aromatic nitrogens is 5. The first-order chi connectivity index (χ1) is 9.10. The van der Waals surface area contributed by atoms with Crippen LogP contribution >= 0.6 is 0 Å². The lowest BCUT2D eigenvalue weighted by atomic mass is 10.1. The molecule has 3 rings (SSSR count). The van der Waals surface area contributed by atoms with Crippen LogP contribution in [0.3, 0.4) is 0 Å². The van der Waals surface area contributed by atoms with Gasteiger partial charge in [0.05, 0.1) is 12.1 Å². The van der Waals surface area contributed by atoms with Crippen LogP contribution in [0.15, 0.2) is 4.79 Å². The Labute approximate surface area is 107 Å². The molecule has 19 heavy (non-hydrogen) atoms. The van der Waals surface area contributed by atoms with Crippen molar-refractivity contribution in [1.29, 1.82) is 0 Å². The zero-order chi connectivity index (χ0) is 13.6. The minimum Gasteiger partial charge on any atom is -0.396 e. The van der Waals surface area contributed by atoms with Gasteiger partial charge in [0, 0.05) is 6.61 Å². The molecule has 1 saturated carbocycles. The highest BCUT2D eigenvalue weighted by Crippen LogP contribution is 2.35. The lowest BCUT2D eigenvalue weighted by molar-refractivity contribution is 0.127. The predicted octanol–water partition coefficient (Wildman–Crippen LogP) is -1.60. The molecule has 9 heteroatoms. The van der Waals surface area contributed by atoms with Crippen LogP contribution in [-0.4, -0.2) is 47.9 Å². The number of rotatable bonds is 2. The second-order valence-electron chi connectivity index (χ2n) is 4.81. The van der Waals surface area contributed by atoms with Gasteiger partial charge in [-0.15, -0.1) is 5.10 Å². The van der Waals surface area contributed by atoms with Crippen molar-refractivity contribution in [2.45, 2.75) is 25.0 Å². The van der Waals surface area contributed by atoms with Crippen LogP contribution in [-0.2, 0) is 0 Å². The molecule has 0 saturated heterocycles. The molecule has 2 heterocycles. The van der Waals surface area contributed by atoms with Crippen LogP contribution in [0, 0.1) is 5.92 Å². The first kappa shape index (κ1) is 12.1. The molecule has 0 aliphatic heterocycles. The molecule has 2 aromatic rings. The average molecular weight is 266 g/mol. The van der Waals surface area contributed by atoms with Gasteiger partial charge in [-0.05, 0) is 18.8 Å². The number of anilines is 1. The maximum atomic E-state index is 11.6. The summed E-state index contributed by atoms with van der Waals surface area (Å²) in [7, 11) is 0. The van der Waals surface area contributed by atoms with Crippen LogP contribution < -0.4 is 11.3 Å². The van der Waals surface area contributed by atoms with E-state index >= 15 is 0 Å². The zero-order valence-corrected chi connectivity index (χ0v) is 10.0. The van der Waals surface area contributed by atoms with Crippen molar-refractivity contribution in [3.63, 3.8) is 0 Å². The Bertz CT molecular complexity index is 665. The topological polar surface area (TPSA) is 143 Å². The van der Waals surface area contributed by atoms with Gasteiger partial charge in [-0.2, -0.15) is 4.98 Å². The monoisotopic (exact) mass is 266 g/mol. The number of aliphatic hydroxyl groups is 2. The minimum atomic E-state index is -0.649. The molecule has 1 aliphatic rings. The third kappa shape index (κ3) is 1.87. The molecular weight excluding hydrogens is 252 g/mol. The maximum Gasteiger partial charge on any atom is 0.282 e. The average Bonchev–Trinajstić information content (AvgIpc) is 2.92. The van der Waals surface area contributed by atoms with E-state index in [9.17, 15) is 9.90 Å². The summed E-state index contributed by atoms with van der Waals surface area (Å²) in [5.74, 6) is -0.00848. The summed E-state index contributed by atoms with van der Waals surface area (Å²) >= 11 is 0. The van der Waals surface area contributed by atoms with Crippen molar-refractivity contribution in [2.75, 3.05) is 12.3 Å². The number of hydrogen-bond donors (Lipinski definition) is 4. The number of fused-ring (bicyclic) bond motifs is 1. The van der Waals surface area contributed by atoms with Gasteiger partial charge in [0.1, 0.15) is 0 Å². The van der Waals surface area contributed by atoms with E-state index in [4.69, 9.17) is 10.8 Å². The summed E-state index contributed by atoms with van der Waals surface area (Å²) in [6.07, 6.45) is 0.399. The van der Waals surface area contributed by atoms with E-state index in [1.807, 2.05) is 0 Å². The molecule has 0 bridgehead atoms. The van der Waals surface area contributed by atoms with Crippen molar-refractivity contribution >= 4 is 17.1 Å². The Kier molecular flexibility index (Phi) is 2.72. The normalized spacial score (nSPS) is 27.2. The summed E-state index contributed by atoms with van der Waals surface area (Å²) in [5.41, 5.74) is 5.39. The van der Waals surface area contributed by atoms with Gasteiger partial charge in [-0.3, -0.25) is 9.78 Å². The number of nitrogens with two attached hydrogens (primary N) is 1. The van der Waals surface area contributed by atoms with Gasteiger partial charge in [0.2, 0.25) is 5.95 Å². The molecule has 5 N–H and O–H groups in total. The van der Waals surface area contributed by atoms with Crippen LogP contribution in [0.4, 0.5) is 5.95 Å². The minimum absolute atomic E-state index is 0.0103. The highest BCUT2D eigenvalue weighted by molar-refractivity contribution is 5.69. The molecular formula is C10H14N6O3. The number of hydrogen-bond acceptors (Lipinski definition) is 7. The van der Waals surface area contributed by atoms with Gasteiger partial charge >= 0.3 is 0 Å². The SMILES string of the molecule is Nc1nc2c(nnn2[C@@H]2C[C@H](CO)C[C@H]2O)c(=O)[nH]1. The lowest BCUT2D eigenvalue weighted by Crippen LogP contribution is -2.20. The fourth-order valence-corrected chi connectivity index (χ4v) is 2.59. The molecule has 0 unspecified atom stereocenters. The highest BCUT2D eigenvalue weighted by atomic mass is 16.3. The smallest absolute Gasteiger partial charge is 0.282 e. The van der Waals surface area contributed by atoms with E-state index < -0.39 is 11.7 Å². The number of aliphatic hydroxyl groups excluding tert-OH is 2. The third-order valence-electron chi connectivity index (χ3n) is 3.52. The Balaban J connectivity index is 2.09. The fraction of sp³-hybridized carbons (Fsp3) is 0.600. The first-order valence-corrected chi connectivity index (χ1v) is 5.99. The van der Waals surface area contributed by atoms with E-state index in [1.54, 1.807) is 0 Å². The maximum absolute atomic E-state index is 11.6. The summed E-state index contributed by atoms with van der Waals surface area (Å²) in [6, 6.07) is -0.351. The summed E-state index contributed by atoms with van der Waals surface area (Å²) in [5, 5.41) is 26.8. The number of nitrogens with one attached hydrogen (secondary N) is 1. The molecule has 0 amide bonds. The molecule has 0 spiro atoms. The van der Waals surface area contributed by atoms with Crippen molar-refractivity contribution in [3.05, 3.63) is 10.4 Å². The quantitative estimate of drug-likeness (QED) is 0.512. The molecule has 1 fully saturated rings. The second kappa shape index (κ2) is 4.28. The lowest BCUT2D eigenvalue weighted by Gasteiger charge is -2.14. The van der Waals surface area contributed by atoms with E-state index in [-0.39, 0.29) is 35.7 Å². The van der Waals surface area contributed by atoms with Crippen LogP contribution in [0.2, 0.25) is 0 Å². The molecule has 2 aromatic heterocycles. The molecule has 0 aromatic carbocycles. The van der Waals surface area contributed by atoms with Gasteiger partial charge in [-0.1, -0.05) is 5.21 Å². The fourth-order valence-electron chi connectivity index (χ4n) is 2.59. The number of aromatic amines is 1. The van der Waals surface area contributed by atoms with Gasteiger partial charge in [0.15, 0.2) is 11.2 Å². The molecule has 3 atom stereocenters. The Morgan fingerprint density at radius 1 is 1.47 bits per heavy atom. The van der Waals surface area contributed by atoms with Gasteiger partial charge in [0.25, 0.3) is 5.56 Å². The van der Waals surface area contributed by atoms with Crippen molar-refractivity contribution in [1.82, 2.24) is 25.0 Å². The summed E-state index contributed by atoms with van der Waals surface area (Å²) in [6.45, 7) is 0.0103. The molecule has 9 nitrogen and oxygen atoms in total. The number of nitrogens with zero attached hydrogens (tertiary/aromatic N) is 4. The van der Waals surface area contributed by atoms with Crippen LogP contribution in [0.5, 0.6) is 0 Å². The van der Waals surface area contributed by atoms with Crippen molar-refractivity contribution in [2.24, 2.45) is 5.92 Å².